The fourth-order valence-corrected chi connectivity index (χ4v) is 2.10. The maximum atomic E-state index is 11.4. The van der Waals surface area contributed by atoms with Crippen molar-refractivity contribution in [2.45, 2.75) is 6.42 Å². The van der Waals surface area contributed by atoms with E-state index in [1.807, 2.05) is 4.90 Å². The average molecular weight is 263 g/mol. The quantitative estimate of drug-likeness (QED) is 0.595. The third-order valence-electron chi connectivity index (χ3n) is 3.10. The van der Waals surface area contributed by atoms with Gasteiger partial charge in [0.15, 0.2) is 0 Å². The van der Waals surface area contributed by atoms with E-state index >= 15 is 0 Å². The summed E-state index contributed by atoms with van der Waals surface area (Å²) in [4.78, 5) is 24.7. The highest BCUT2D eigenvalue weighted by molar-refractivity contribution is 5.92. The predicted molar refractivity (Wildman–Crippen MR) is 72.0 cm³/mol. The van der Waals surface area contributed by atoms with Crippen LogP contribution in [0.25, 0.3) is 0 Å². The number of nitrogens with zero attached hydrogens (tertiary/aromatic N) is 1. The molecule has 1 fully saturated rings. The lowest BCUT2D eigenvalue weighted by atomic mass is 10.1. The van der Waals surface area contributed by atoms with Crippen LogP contribution in [-0.2, 0) is 9.53 Å². The maximum absolute atomic E-state index is 11.4. The number of benzene rings is 1. The summed E-state index contributed by atoms with van der Waals surface area (Å²) in [5.74, 6) is -0.363. The van der Waals surface area contributed by atoms with E-state index < -0.39 is 5.97 Å². The molecule has 1 aliphatic rings. The van der Waals surface area contributed by atoms with Crippen LogP contribution in [0.5, 0.6) is 0 Å². The number of rotatable bonds is 2. The zero-order chi connectivity index (χ0) is 13.8. The Morgan fingerprint density at radius 2 is 2.21 bits per heavy atom. The number of methoxy groups -OCH3 is 1. The molecule has 19 heavy (non-hydrogen) atoms. The van der Waals surface area contributed by atoms with Gasteiger partial charge in [-0.15, -0.1) is 0 Å². The van der Waals surface area contributed by atoms with Gasteiger partial charge < -0.3 is 20.7 Å². The molecule has 1 aliphatic heterocycles. The van der Waals surface area contributed by atoms with Crippen LogP contribution in [0.4, 0.5) is 11.4 Å². The minimum absolute atomic E-state index is 0.0484. The lowest BCUT2D eigenvalue weighted by molar-refractivity contribution is -0.120. The monoisotopic (exact) mass is 263 g/mol. The molecule has 1 amide bonds. The van der Waals surface area contributed by atoms with Gasteiger partial charge in [-0.1, -0.05) is 0 Å². The molecule has 0 unspecified atom stereocenters. The van der Waals surface area contributed by atoms with Crippen LogP contribution in [0.3, 0.4) is 0 Å². The minimum Gasteiger partial charge on any atom is -0.465 e. The molecule has 0 saturated carbocycles. The van der Waals surface area contributed by atoms with Gasteiger partial charge in [0.2, 0.25) is 5.91 Å². The van der Waals surface area contributed by atoms with Crippen molar-refractivity contribution in [1.82, 2.24) is 5.32 Å². The third-order valence-corrected chi connectivity index (χ3v) is 3.10. The summed E-state index contributed by atoms with van der Waals surface area (Å²) >= 11 is 0. The Morgan fingerprint density at radius 3 is 2.89 bits per heavy atom. The molecular formula is C13H17N3O3. The molecule has 0 spiro atoms. The van der Waals surface area contributed by atoms with E-state index in [0.29, 0.717) is 37.3 Å². The van der Waals surface area contributed by atoms with Crippen LogP contribution in [0.1, 0.15) is 16.8 Å². The number of anilines is 2. The van der Waals surface area contributed by atoms with Crippen LogP contribution >= 0.6 is 0 Å². The lowest BCUT2D eigenvalue weighted by Crippen LogP contribution is -2.29. The highest BCUT2D eigenvalue weighted by Gasteiger charge is 2.17. The summed E-state index contributed by atoms with van der Waals surface area (Å²) in [7, 11) is 1.33. The second-order valence-corrected chi connectivity index (χ2v) is 4.35. The summed E-state index contributed by atoms with van der Waals surface area (Å²) in [5.41, 5.74) is 7.75. The molecule has 102 valence electrons. The Balaban J connectivity index is 2.20. The number of amides is 1. The summed E-state index contributed by atoms with van der Waals surface area (Å²) in [6, 6.07) is 5.07. The number of carbonyl (C=O) groups is 2. The molecule has 1 saturated heterocycles. The Kier molecular flexibility index (Phi) is 3.89. The minimum atomic E-state index is -0.411. The topological polar surface area (TPSA) is 84.7 Å². The number of hydrogen-bond acceptors (Lipinski definition) is 5. The van der Waals surface area contributed by atoms with E-state index in [4.69, 9.17) is 5.73 Å². The van der Waals surface area contributed by atoms with Gasteiger partial charge in [-0.3, -0.25) is 4.79 Å². The predicted octanol–water partition coefficient (Wildman–Crippen LogP) is 0.382. The number of ether oxygens (including phenoxy) is 1. The lowest BCUT2D eigenvalue weighted by Gasteiger charge is -2.23. The van der Waals surface area contributed by atoms with Crippen molar-refractivity contribution >= 4 is 23.3 Å². The molecule has 2 rings (SSSR count). The highest BCUT2D eigenvalue weighted by Crippen LogP contribution is 2.25. The van der Waals surface area contributed by atoms with Crippen molar-refractivity contribution in [3.05, 3.63) is 23.8 Å². The van der Waals surface area contributed by atoms with E-state index in [2.05, 4.69) is 10.1 Å². The second kappa shape index (κ2) is 5.60. The Hall–Kier alpha value is -2.24. The maximum Gasteiger partial charge on any atom is 0.337 e. The molecule has 0 radical (unpaired) electrons. The van der Waals surface area contributed by atoms with Crippen LogP contribution in [-0.4, -0.2) is 38.6 Å². The molecule has 1 aromatic carbocycles. The first-order chi connectivity index (χ1) is 9.11. The zero-order valence-electron chi connectivity index (χ0n) is 10.8. The highest BCUT2D eigenvalue weighted by atomic mass is 16.5. The molecule has 1 heterocycles. The molecule has 0 atom stereocenters. The molecule has 0 aliphatic carbocycles. The normalized spacial score (nSPS) is 15.6. The van der Waals surface area contributed by atoms with Gasteiger partial charge in [0, 0.05) is 26.1 Å². The largest absolute Gasteiger partial charge is 0.465 e. The standard InChI is InChI=1S/C13H17N3O3/c1-19-13(18)9-2-3-11(10(14)8-9)16-6-4-12(17)15-5-7-16/h2-3,8H,4-7,14H2,1H3,(H,15,17). The zero-order valence-corrected chi connectivity index (χ0v) is 10.8. The first-order valence-electron chi connectivity index (χ1n) is 6.11. The second-order valence-electron chi connectivity index (χ2n) is 4.35. The Bertz CT molecular complexity index is 502. The van der Waals surface area contributed by atoms with Gasteiger partial charge in [0.1, 0.15) is 0 Å². The molecule has 0 bridgehead atoms. The van der Waals surface area contributed by atoms with E-state index in [1.165, 1.54) is 7.11 Å². The van der Waals surface area contributed by atoms with Crippen molar-refractivity contribution in [2.24, 2.45) is 0 Å². The van der Waals surface area contributed by atoms with Crippen LogP contribution < -0.4 is 16.0 Å². The summed E-state index contributed by atoms with van der Waals surface area (Å²) in [6.07, 6.45) is 0.443. The molecule has 6 heteroatoms. The van der Waals surface area contributed by atoms with Crippen molar-refractivity contribution in [2.75, 3.05) is 37.4 Å². The van der Waals surface area contributed by atoms with Gasteiger partial charge in [-0.2, -0.15) is 0 Å². The average Bonchev–Trinajstić information content (AvgIpc) is 2.62. The van der Waals surface area contributed by atoms with E-state index in [9.17, 15) is 9.59 Å². The SMILES string of the molecule is COC(=O)c1ccc(N2CCNC(=O)CC2)c(N)c1. The smallest absolute Gasteiger partial charge is 0.337 e. The van der Waals surface area contributed by atoms with Gasteiger partial charge >= 0.3 is 5.97 Å². The summed E-state index contributed by atoms with van der Waals surface area (Å²) < 4.78 is 4.65. The number of nitrogens with two attached hydrogens (primary N) is 1. The van der Waals surface area contributed by atoms with Crippen LogP contribution in [0, 0.1) is 0 Å². The van der Waals surface area contributed by atoms with E-state index in [-0.39, 0.29) is 5.91 Å². The van der Waals surface area contributed by atoms with Crippen molar-refractivity contribution in [3.63, 3.8) is 0 Å². The van der Waals surface area contributed by atoms with Gasteiger partial charge in [-0.05, 0) is 18.2 Å². The number of hydrogen-bond donors (Lipinski definition) is 2. The van der Waals surface area contributed by atoms with E-state index in [1.54, 1.807) is 18.2 Å². The summed E-state index contributed by atoms with van der Waals surface area (Å²) in [5, 5.41) is 2.81. The number of esters is 1. The van der Waals surface area contributed by atoms with Gasteiger partial charge in [-0.25, -0.2) is 4.79 Å². The van der Waals surface area contributed by atoms with Gasteiger partial charge in [0.25, 0.3) is 0 Å². The summed E-state index contributed by atoms with van der Waals surface area (Å²) in [6.45, 7) is 1.91. The van der Waals surface area contributed by atoms with Crippen molar-refractivity contribution < 1.29 is 14.3 Å². The molecular weight excluding hydrogens is 246 g/mol. The van der Waals surface area contributed by atoms with E-state index in [0.717, 1.165) is 5.69 Å². The number of nitrogen functional groups attached to an aromatic ring is 1. The number of carbonyl (C=O) groups excluding carboxylic acids is 2. The first-order valence-corrected chi connectivity index (χ1v) is 6.11. The molecule has 6 nitrogen and oxygen atoms in total. The third kappa shape index (κ3) is 2.96. The molecule has 0 aromatic heterocycles. The van der Waals surface area contributed by atoms with Crippen molar-refractivity contribution in [3.8, 4) is 0 Å². The Labute approximate surface area is 111 Å². The fraction of sp³-hybridized carbons (Fsp3) is 0.385. The van der Waals surface area contributed by atoms with Gasteiger partial charge in [0.05, 0.1) is 24.0 Å². The van der Waals surface area contributed by atoms with Crippen molar-refractivity contribution in [1.29, 1.82) is 0 Å². The van der Waals surface area contributed by atoms with Crippen LogP contribution in [0.15, 0.2) is 18.2 Å². The molecule has 3 N–H and O–H groups in total. The molecule has 1 aromatic rings. The first kappa shape index (κ1) is 13.2. The number of nitrogens with one attached hydrogen (secondary N) is 1. The van der Waals surface area contributed by atoms with Crippen LogP contribution in [0.2, 0.25) is 0 Å². The Morgan fingerprint density at radius 1 is 1.42 bits per heavy atom. The fourth-order valence-electron chi connectivity index (χ4n) is 2.10.